The molecule has 0 spiro atoms. The number of rotatable bonds is 4. The molecule has 20 heavy (non-hydrogen) atoms. The summed E-state index contributed by atoms with van der Waals surface area (Å²) in [6.45, 7) is 0. The fourth-order valence-corrected chi connectivity index (χ4v) is 2.85. The summed E-state index contributed by atoms with van der Waals surface area (Å²) >= 11 is 0. The highest BCUT2D eigenvalue weighted by Gasteiger charge is 2.42. The molecule has 3 nitrogen and oxygen atoms in total. The van der Waals surface area contributed by atoms with Gasteiger partial charge in [-0.1, -0.05) is 31.0 Å². The second-order valence-electron chi connectivity index (χ2n) is 5.04. The largest absolute Gasteiger partial charge is 0.573 e. The fourth-order valence-electron chi connectivity index (χ4n) is 2.85. The Morgan fingerprint density at radius 1 is 1.20 bits per heavy atom. The van der Waals surface area contributed by atoms with Gasteiger partial charge in [-0.2, -0.15) is 0 Å². The third-order valence-electron chi connectivity index (χ3n) is 3.90. The molecule has 0 amide bonds. The van der Waals surface area contributed by atoms with E-state index in [0.717, 1.165) is 25.7 Å². The molecule has 0 saturated heterocycles. The normalized spacial score (nSPS) is 19.9. The van der Waals surface area contributed by atoms with Gasteiger partial charge in [0.05, 0.1) is 11.6 Å². The van der Waals surface area contributed by atoms with E-state index in [-0.39, 0.29) is 5.75 Å². The van der Waals surface area contributed by atoms with Gasteiger partial charge in [0, 0.05) is 12.7 Å². The van der Waals surface area contributed by atoms with Crippen LogP contribution in [0.2, 0.25) is 0 Å². The fraction of sp³-hybridized carbons (Fsp3) is 0.571. The molecule has 0 radical (unpaired) electrons. The number of hydrogen-bond donors (Lipinski definition) is 1. The smallest absolute Gasteiger partial charge is 0.405 e. The SMILES string of the molecule is COC1(C(N)c2ccccc2OC(F)(F)F)CCCC1. The average molecular weight is 289 g/mol. The van der Waals surface area contributed by atoms with Crippen LogP contribution in [0.25, 0.3) is 0 Å². The van der Waals surface area contributed by atoms with Crippen molar-refractivity contribution in [3.63, 3.8) is 0 Å². The number of hydrogen-bond acceptors (Lipinski definition) is 3. The van der Waals surface area contributed by atoms with E-state index in [0.29, 0.717) is 5.56 Å². The second kappa shape index (κ2) is 5.61. The third-order valence-corrected chi connectivity index (χ3v) is 3.90. The van der Waals surface area contributed by atoms with Crippen molar-refractivity contribution in [2.45, 2.75) is 43.7 Å². The molecule has 1 aliphatic rings. The van der Waals surface area contributed by atoms with E-state index in [1.807, 2.05) is 0 Å². The van der Waals surface area contributed by atoms with Crippen LogP contribution in [-0.2, 0) is 4.74 Å². The second-order valence-corrected chi connectivity index (χ2v) is 5.04. The Morgan fingerprint density at radius 3 is 2.35 bits per heavy atom. The zero-order valence-electron chi connectivity index (χ0n) is 11.2. The maximum Gasteiger partial charge on any atom is 0.573 e. The Morgan fingerprint density at radius 2 is 1.80 bits per heavy atom. The van der Waals surface area contributed by atoms with Crippen molar-refractivity contribution in [3.8, 4) is 5.75 Å². The Hall–Kier alpha value is -1.27. The third kappa shape index (κ3) is 3.07. The molecule has 0 aromatic heterocycles. The summed E-state index contributed by atoms with van der Waals surface area (Å²) in [5.41, 5.74) is 5.91. The van der Waals surface area contributed by atoms with Gasteiger partial charge in [-0.3, -0.25) is 0 Å². The molecule has 1 aromatic carbocycles. The molecule has 1 aliphatic carbocycles. The van der Waals surface area contributed by atoms with Crippen molar-refractivity contribution in [3.05, 3.63) is 29.8 Å². The highest BCUT2D eigenvalue weighted by molar-refractivity contribution is 5.37. The van der Waals surface area contributed by atoms with Crippen molar-refractivity contribution < 1.29 is 22.6 Å². The number of methoxy groups -OCH3 is 1. The molecule has 1 unspecified atom stereocenters. The van der Waals surface area contributed by atoms with Gasteiger partial charge >= 0.3 is 6.36 Å². The molecule has 112 valence electrons. The molecular formula is C14H18F3NO2. The van der Waals surface area contributed by atoms with Gasteiger partial charge in [0.2, 0.25) is 0 Å². The van der Waals surface area contributed by atoms with Crippen LogP contribution in [0.15, 0.2) is 24.3 Å². The Kier molecular flexibility index (Phi) is 4.25. The molecule has 1 atom stereocenters. The summed E-state index contributed by atoms with van der Waals surface area (Å²) in [4.78, 5) is 0. The monoisotopic (exact) mass is 289 g/mol. The first kappa shape index (κ1) is 15.1. The van der Waals surface area contributed by atoms with Crippen LogP contribution in [0.4, 0.5) is 13.2 Å². The van der Waals surface area contributed by atoms with Gasteiger partial charge in [-0.05, 0) is 18.9 Å². The van der Waals surface area contributed by atoms with Crippen molar-refractivity contribution >= 4 is 0 Å². The lowest BCUT2D eigenvalue weighted by atomic mass is 9.87. The predicted molar refractivity (Wildman–Crippen MR) is 68.3 cm³/mol. The lowest BCUT2D eigenvalue weighted by Crippen LogP contribution is -2.41. The first-order valence-electron chi connectivity index (χ1n) is 6.53. The predicted octanol–water partition coefficient (Wildman–Crippen LogP) is 3.54. The lowest BCUT2D eigenvalue weighted by Gasteiger charge is -2.34. The van der Waals surface area contributed by atoms with E-state index in [1.54, 1.807) is 19.2 Å². The van der Waals surface area contributed by atoms with Crippen LogP contribution in [0, 0.1) is 0 Å². The van der Waals surface area contributed by atoms with Gasteiger partial charge in [-0.15, -0.1) is 13.2 Å². The van der Waals surface area contributed by atoms with Crippen molar-refractivity contribution in [1.29, 1.82) is 0 Å². The van der Waals surface area contributed by atoms with Crippen molar-refractivity contribution in [1.82, 2.24) is 0 Å². The number of nitrogens with two attached hydrogens (primary N) is 1. The van der Waals surface area contributed by atoms with Crippen LogP contribution in [0.1, 0.15) is 37.3 Å². The molecule has 6 heteroatoms. The summed E-state index contributed by atoms with van der Waals surface area (Å²) < 4.78 is 46.9. The van der Waals surface area contributed by atoms with Crippen LogP contribution in [0.3, 0.4) is 0 Å². The van der Waals surface area contributed by atoms with Gasteiger partial charge in [0.15, 0.2) is 0 Å². The van der Waals surface area contributed by atoms with Crippen LogP contribution >= 0.6 is 0 Å². The number of benzene rings is 1. The molecular weight excluding hydrogens is 271 g/mol. The highest BCUT2D eigenvalue weighted by Crippen LogP contribution is 2.44. The first-order valence-corrected chi connectivity index (χ1v) is 6.53. The maximum absolute atomic E-state index is 12.4. The molecule has 0 bridgehead atoms. The maximum atomic E-state index is 12.4. The number of halogens is 3. The van der Waals surface area contributed by atoms with E-state index < -0.39 is 18.0 Å². The van der Waals surface area contributed by atoms with Gasteiger partial charge in [0.1, 0.15) is 5.75 Å². The Balaban J connectivity index is 2.32. The molecule has 2 N–H and O–H groups in total. The Labute approximate surface area is 115 Å². The molecule has 0 heterocycles. The molecule has 1 aromatic rings. The standard InChI is InChI=1S/C14H18F3NO2/c1-19-13(8-4-5-9-13)12(18)10-6-2-3-7-11(10)20-14(15,16)17/h2-3,6-7,12H,4-5,8-9,18H2,1H3. The van der Waals surface area contributed by atoms with Crippen molar-refractivity contribution in [2.75, 3.05) is 7.11 Å². The van der Waals surface area contributed by atoms with E-state index in [4.69, 9.17) is 10.5 Å². The van der Waals surface area contributed by atoms with Crippen LogP contribution in [0.5, 0.6) is 5.75 Å². The topological polar surface area (TPSA) is 44.5 Å². The van der Waals surface area contributed by atoms with E-state index in [1.165, 1.54) is 12.1 Å². The zero-order chi connectivity index (χ0) is 14.8. The summed E-state index contributed by atoms with van der Waals surface area (Å²) in [5.74, 6) is -0.254. The summed E-state index contributed by atoms with van der Waals surface area (Å²) in [6.07, 6.45) is -1.32. The summed E-state index contributed by atoms with van der Waals surface area (Å²) in [7, 11) is 1.55. The quantitative estimate of drug-likeness (QED) is 0.922. The average Bonchev–Trinajstić information content (AvgIpc) is 2.86. The van der Waals surface area contributed by atoms with Gasteiger partial charge < -0.3 is 15.2 Å². The molecule has 1 saturated carbocycles. The van der Waals surface area contributed by atoms with Crippen molar-refractivity contribution in [2.24, 2.45) is 5.73 Å². The molecule has 2 rings (SSSR count). The number of alkyl halides is 3. The van der Waals surface area contributed by atoms with Gasteiger partial charge in [0.25, 0.3) is 0 Å². The number of para-hydroxylation sites is 1. The first-order chi connectivity index (χ1) is 9.38. The zero-order valence-corrected chi connectivity index (χ0v) is 11.2. The van der Waals surface area contributed by atoms with Crippen LogP contribution in [-0.4, -0.2) is 19.1 Å². The van der Waals surface area contributed by atoms with Gasteiger partial charge in [-0.25, -0.2) is 0 Å². The Bertz CT molecular complexity index is 456. The highest BCUT2D eigenvalue weighted by atomic mass is 19.4. The van der Waals surface area contributed by atoms with Crippen LogP contribution < -0.4 is 10.5 Å². The summed E-state index contributed by atoms with van der Waals surface area (Å²) in [5, 5.41) is 0. The lowest BCUT2D eigenvalue weighted by molar-refractivity contribution is -0.275. The minimum absolute atomic E-state index is 0.254. The minimum atomic E-state index is -4.73. The summed E-state index contributed by atoms with van der Waals surface area (Å²) in [6, 6.07) is 5.34. The molecule has 0 aliphatic heterocycles. The van der Waals surface area contributed by atoms with E-state index >= 15 is 0 Å². The number of ether oxygens (including phenoxy) is 2. The van der Waals surface area contributed by atoms with E-state index in [9.17, 15) is 13.2 Å². The van der Waals surface area contributed by atoms with E-state index in [2.05, 4.69) is 4.74 Å². The minimum Gasteiger partial charge on any atom is -0.405 e. The molecule has 1 fully saturated rings.